The van der Waals surface area contributed by atoms with E-state index in [4.69, 9.17) is 15.6 Å². The normalized spacial score (nSPS) is 8.85. The predicted molar refractivity (Wildman–Crippen MR) is 42.1 cm³/mol. The Kier molecular flexibility index (Phi) is 2.47. The summed E-state index contributed by atoms with van der Waals surface area (Å²) in [5.74, 6) is -1.07. The number of phenols is 1. The van der Waals surface area contributed by atoms with Crippen molar-refractivity contribution >= 4 is 0 Å². The second-order valence-electron chi connectivity index (χ2n) is 2.41. The summed E-state index contributed by atoms with van der Waals surface area (Å²) in [6.07, 6.45) is -0.110. The Bertz CT molecular complexity index is 415. The smallest absolute Gasteiger partial charge is 0.136 e. The van der Waals surface area contributed by atoms with E-state index in [-0.39, 0.29) is 17.5 Å². The molecule has 1 N–H and O–H groups in total. The summed E-state index contributed by atoms with van der Waals surface area (Å²) in [5.41, 5.74) is 0.100. The molecule has 0 radical (unpaired) electrons. The van der Waals surface area contributed by atoms with Gasteiger partial charge in [-0.1, -0.05) is 0 Å². The molecule has 0 saturated carbocycles. The van der Waals surface area contributed by atoms with Crippen LogP contribution in [0.4, 0.5) is 4.39 Å². The molecule has 0 heterocycles. The van der Waals surface area contributed by atoms with E-state index in [0.717, 1.165) is 6.07 Å². The molecular weight excluding hydrogens is 171 g/mol. The molecule has 0 aliphatic heterocycles. The molecule has 0 unspecified atom stereocenters. The molecule has 0 bridgehead atoms. The number of hydrogen-bond acceptors (Lipinski definition) is 3. The molecular formula is C9H5FN2O. The van der Waals surface area contributed by atoms with Gasteiger partial charge in [0.25, 0.3) is 0 Å². The minimum Gasteiger partial charge on any atom is -0.506 e. The van der Waals surface area contributed by atoms with Crippen LogP contribution in [-0.4, -0.2) is 5.11 Å². The minimum absolute atomic E-state index is 0.0216. The van der Waals surface area contributed by atoms with Crippen LogP contribution in [-0.2, 0) is 6.42 Å². The van der Waals surface area contributed by atoms with E-state index in [1.165, 1.54) is 6.07 Å². The number of hydrogen-bond donors (Lipinski definition) is 1. The van der Waals surface area contributed by atoms with Gasteiger partial charge in [-0.15, -0.1) is 0 Å². The monoisotopic (exact) mass is 176 g/mol. The SMILES string of the molecule is N#CCc1cc(C#N)c(O)cc1F. The van der Waals surface area contributed by atoms with Crippen molar-refractivity contribution in [3.05, 3.63) is 29.1 Å². The number of rotatable bonds is 1. The van der Waals surface area contributed by atoms with E-state index >= 15 is 0 Å². The van der Waals surface area contributed by atoms with Crippen LogP contribution in [0.5, 0.6) is 5.75 Å². The molecule has 0 atom stereocenters. The van der Waals surface area contributed by atoms with Crippen molar-refractivity contribution in [1.82, 2.24) is 0 Å². The molecule has 4 heteroatoms. The van der Waals surface area contributed by atoms with E-state index < -0.39 is 11.6 Å². The lowest BCUT2D eigenvalue weighted by Gasteiger charge is -2.00. The molecule has 0 spiro atoms. The molecule has 64 valence electrons. The Balaban J connectivity index is 3.26. The van der Waals surface area contributed by atoms with Crippen LogP contribution in [0.2, 0.25) is 0 Å². The Morgan fingerprint density at radius 1 is 1.38 bits per heavy atom. The lowest BCUT2D eigenvalue weighted by Crippen LogP contribution is -1.90. The number of aromatic hydroxyl groups is 1. The van der Waals surface area contributed by atoms with E-state index in [1.54, 1.807) is 12.1 Å². The van der Waals surface area contributed by atoms with Crippen LogP contribution >= 0.6 is 0 Å². The number of nitrogens with zero attached hydrogens (tertiary/aromatic N) is 2. The molecule has 1 rings (SSSR count). The third kappa shape index (κ3) is 1.74. The molecule has 0 aliphatic carbocycles. The second kappa shape index (κ2) is 3.55. The van der Waals surface area contributed by atoms with Crippen molar-refractivity contribution in [2.24, 2.45) is 0 Å². The Hall–Kier alpha value is -2.07. The van der Waals surface area contributed by atoms with Crippen LogP contribution < -0.4 is 0 Å². The highest BCUT2D eigenvalue weighted by Crippen LogP contribution is 2.20. The third-order valence-corrected chi connectivity index (χ3v) is 1.55. The lowest BCUT2D eigenvalue weighted by atomic mass is 10.1. The van der Waals surface area contributed by atoms with Gasteiger partial charge in [-0.25, -0.2) is 4.39 Å². The maximum Gasteiger partial charge on any atom is 0.136 e. The van der Waals surface area contributed by atoms with Gasteiger partial charge in [-0.05, 0) is 6.07 Å². The average molecular weight is 176 g/mol. The average Bonchev–Trinajstić information content (AvgIpc) is 2.10. The van der Waals surface area contributed by atoms with Crippen molar-refractivity contribution in [3.8, 4) is 17.9 Å². The highest BCUT2D eigenvalue weighted by Gasteiger charge is 2.07. The van der Waals surface area contributed by atoms with Gasteiger partial charge in [0.2, 0.25) is 0 Å². The fourth-order valence-electron chi connectivity index (χ4n) is 0.918. The van der Waals surface area contributed by atoms with Crippen molar-refractivity contribution < 1.29 is 9.50 Å². The molecule has 0 aliphatic rings. The number of phenolic OH excluding ortho intramolecular Hbond substituents is 1. The highest BCUT2D eigenvalue weighted by atomic mass is 19.1. The lowest BCUT2D eigenvalue weighted by molar-refractivity contribution is 0.466. The summed E-state index contributed by atoms with van der Waals surface area (Å²) >= 11 is 0. The van der Waals surface area contributed by atoms with Gasteiger partial charge in [0.05, 0.1) is 18.1 Å². The quantitative estimate of drug-likeness (QED) is 0.704. The van der Waals surface area contributed by atoms with Crippen LogP contribution in [0.15, 0.2) is 12.1 Å². The first-order valence-electron chi connectivity index (χ1n) is 3.47. The van der Waals surface area contributed by atoms with Gasteiger partial charge < -0.3 is 5.11 Å². The number of nitriles is 2. The highest BCUT2D eigenvalue weighted by molar-refractivity contribution is 5.45. The number of benzene rings is 1. The summed E-state index contributed by atoms with van der Waals surface area (Å²) in [5, 5.41) is 25.8. The largest absolute Gasteiger partial charge is 0.506 e. The molecule has 0 saturated heterocycles. The van der Waals surface area contributed by atoms with Crippen LogP contribution in [0.3, 0.4) is 0 Å². The molecule has 3 nitrogen and oxygen atoms in total. The molecule has 0 amide bonds. The van der Waals surface area contributed by atoms with Gasteiger partial charge in [0, 0.05) is 11.6 Å². The summed E-state index contributed by atoms with van der Waals surface area (Å²) in [4.78, 5) is 0. The molecule has 13 heavy (non-hydrogen) atoms. The van der Waals surface area contributed by atoms with Gasteiger partial charge in [0.1, 0.15) is 17.6 Å². The fraction of sp³-hybridized carbons (Fsp3) is 0.111. The van der Waals surface area contributed by atoms with E-state index in [1.807, 2.05) is 0 Å². The second-order valence-corrected chi connectivity index (χ2v) is 2.41. The molecule has 0 fully saturated rings. The topological polar surface area (TPSA) is 67.8 Å². The zero-order valence-corrected chi connectivity index (χ0v) is 6.58. The van der Waals surface area contributed by atoms with Crippen LogP contribution in [0.25, 0.3) is 0 Å². The first kappa shape index (κ1) is 9.02. The zero-order chi connectivity index (χ0) is 9.84. The first-order valence-corrected chi connectivity index (χ1v) is 3.47. The summed E-state index contributed by atoms with van der Waals surface area (Å²) in [7, 11) is 0. The summed E-state index contributed by atoms with van der Waals surface area (Å²) in [6.45, 7) is 0. The summed E-state index contributed by atoms with van der Waals surface area (Å²) in [6, 6.07) is 5.47. The number of halogens is 1. The van der Waals surface area contributed by atoms with E-state index in [2.05, 4.69) is 0 Å². The van der Waals surface area contributed by atoms with Crippen molar-refractivity contribution in [3.63, 3.8) is 0 Å². The predicted octanol–water partition coefficient (Wildman–Crippen LogP) is 1.47. The molecule has 1 aromatic rings. The van der Waals surface area contributed by atoms with Gasteiger partial charge in [0.15, 0.2) is 0 Å². The summed E-state index contributed by atoms with van der Waals surface area (Å²) < 4.78 is 12.9. The van der Waals surface area contributed by atoms with E-state index in [9.17, 15) is 4.39 Å². The van der Waals surface area contributed by atoms with Gasteiger partial charge >= 0.3 is 0 Å². The van der Waals surface area contributed by atoms with Gasteiger partial charge in [-0.2, -0.15) is 10.5 Å². The zero-order valence-electron chi connectivity index (χ0n) is 6.58. The minimum atomic E-state index is -0.668. The van der Waals surface area contributed by atoms with Crippen LogP contribution in [0.1, 0.15) is 11.1 Å². The Morgan fingerprint density at radius 3 is 2.62 bits per heavy atom. The maximum absolute atomic E-state index is 12.9. The van der Waals surface area contributed by atoms with Crippen molar-refractivity contribution in [2.45, 2.75) is 6.42 Å². The Morgan fingerprint density at radius 2 is 2.08 bits per heavy atom. The molecule has 0 aromatic heterocycles. The van der Waals surface area contributed by atoms with Crippen molar-refractivity contribution in [2.75, 3.05) is 0 Å². The third-order valence-electron chi connectivity index (χ3n) is 1.55. The maximum atomic E-state index is 12.9. The fourth-order valence-corrected chi connectivity index (χ4v) is 0.918. The van der Waals surface area contributed by atoms with E-state index in [0.29, 0.717) is 0 Å². The van der Waals surface area contributed by atoms with Gasteiger partial charge in [-0.3, -0.25) is 0 Å². The van der Waals surface area contributed by atoms with Crippen molar-refractivity contribution in [1.29, 1.82) is 10.5 Å². The molecule has 1 aromatic carbocycles. The standard InChI is InChI=1S/C9H5FN2O/c10-8-4-9(13)7(5-12)3-6(8)1-2-11/h3-4,13H,1H2. The Labute approximate surface area is 74.3 Å². The van der Waals surface area contributed by atoms with Crippen LogP contribution in [0, 0.1) is 28.5 Å². The first-order chi connectivity index (χ1) is 6.19.